The standard InChI is InChI=1S/C22H26N2O2S/c1-16-2-9-21(27-16)14-24(20-7-8-20)22(26)18-10-12-23(13-11-18)19-5-3-17(15-25)4-6-19/h2-6,9,15,18,20H,7-8,10-14H2,1H3. The van der Waals surface area contributed by atoms with Crippen LogP contribution in [0, 0.1) is 12.8 Å². The van der Waals surface area contributed by atoms with E-state index in [0.717, 1.165) is 57.3 Å². The number of hydrogen-bond acceptors (Lipinski definition) is 4. The topological polar surface area (TPSA) is 40.6 Å². The minimum Gasteiger partial charge on any atom is -0.371 e. The monoisotopic (exact) mass is 382 g/mol. The molecule has 1 aliphatic heterocycles. The first-order chi connectivity index (χ1) is 13.1. The van der Waals surface area contributed by atoms with Crippen molar-refractivity contribution in [3.63, 3.8) is 0 Å². The van der Waals surface area contributed by atoms with Gasteiger partial charge < -0.3 is 9.80 Å². The highest BCUT2D eigenvalue weighted by Crippen LogP contribution is 2.33. The molecular formula is C22H26N2O2S. The average molecular weight is 383 g/mol. The SMILES string of the molecule is Cc1ccc(CN(C(=O)C2CCN(c3ccc(C=O)cc3)CC2)C2CC2)s1. The average Bonchev–Trinajstić information content (AvgIpc) is 3.47. The van der Waals surface area contributed by atoms with Gasteiger partial charge in [-0.1, -0.05) is 0 Å². The van der Waals surface area contributed by atoms with Gasteiger partial charge in [0.15, 0.2) is 0 Å². The first-order valence-electron chi connectivity index (χ1n) is 9.80. The van der Waals surface area contributed by atoms with E-state index >= 15 is 0 Å². The van der Waals surface area contributed by atoms with Crippen LogP contribution in [-0.2, 0) is 11.3 Å². The summed E-state index contributed by atoms with van der Waals surface area (Å²) in [6.45, 7) is 4.69. The molecule has 2 fully saturated rings. The highest BCUT2D eigenvalue weighted by molar-refractivity contribution is 7.11. The number of carbonyl (C=O) groups is 2. The lowest BCUT2D eigenvalue weighted by Crippen LogP contribution is -2.43. The number of nitrogens with zero attached hydrogens (tertiary/aromatic N) is 2. The van der Waals surface area contributed by atoms with Gasteiger partial charge in [-0.3, -0.25) is 9.59 Å². The van der Waals surface area contributed by atoms with Gasteiger partial charge in [-0.15, -0.1) is 11.3 Å². The summed E-state index contributed by atoms with van der Waals surface area (Å²) >= 11 is 1.80. The van der Waals surface area contributed by atoms with Crippen LogP contribution in [0.25, 0.3) is 0 Å². The Morgan fingerprint density at radius 1 is 1.11 bits per heavy atom. The third-order valence-electron chi connectivity index (χ3n) is 5.63. The number of amides is 1. The maximum absolute atomic E-state index is 13.2. The summed E-state index contributed by atoms with van der Waals surface area (Å²) in [5, 5.41) is 0. The van der Waals surface area contributed by atoms with Gasteiger partial charge in [-0.05, 0) is 69.0 Å². The molecule has 0 spiro atoms. The van der Waals surface area contributed by atoms with E-state index in [0.29, 0.717) is 17.5 Å². The van der Waals surface area contributed by atoms with E-state index in [-0.39, 0.29) is 5.92 Å². The molecule has 5 heteroatoms. The molecule has 4 rings (SSSR count). The van der Waals surface area contributed by atoms with E-state index in [9.17, 15) is 9.59 Å². The molecule has 1 saturated heterocycles. The molecule has 2 aliphatic rings. The highest BCUT2D eigenvalue weighted by Gasteiger charge is 2.37. The van der Waals surface area contributed by atoms with Crippen LogP contribution >= 0.6 is 11.3 Å². The van der Waals surface area contributed by atoms with Crippen molar-refractivity contribution >= 4 is 29.2 Å². The minimum absolute atomic E-state index is 0.136. The van der Waals surface area contributed by atoms with E-state index in [1.165, 1.54) is 9.75 Å². The number of rotatable bonds is 6. The van der Waals surface area contributed by atoms with E-state index in [4.69, 9.17) is 0 Å². The fourth-order valence-electron chi connectivity index (χ4n) is 3.89. The van der Waals surface area contributed by atoms with E-state index in [1.54, 1.807) is 11.3 Å². The Morgan fingerprint density at radius 3 is 2.37 bits per heavy atom. The lowest BCUT2D eigenvalue weighted by molar-refractivity contribution is -0.137. The quantitative estimate of drug-likeness (QED) is 0.700. The summed E-state index contributed by atoms with van der Waals surface area (Å²) in [5.74, 6) is 0.483. The first-order valence-corrected chi connectivity index (χ1v) is 10.6. The Balaban J connectivity index is 1.37. The number of aryl methyl sites for hydroxylation is 1. The molecule has 0 N–H and O–H groups in total. The van der Waals surface area contributed by atoms with Gasteiger partial charge in [0, 0.05) is 46.1 Å². The molecule has 2 aromatic rings. The van der Waals surface area contributed by atoms with Crippen LogP contribution in [0.1, 0.15) is 45.8 Å². The zero-order valence-corrected chi connectivity index (χ0v) is 16.6. The van der Waals surface area contributed by atoms with Crippen LogP contribution in [0.5, 0.6) is 0 Å². The molecule has 1 aliphatic carbocycles. The number of thiophene rings is 1. The predicted octanol–water partition coefficient (Wildman–Crippen LogP) is 4.28. The molecule has 0 bridgehead atoms. The molecule has 142 valence electrons. The van der Waals surface area contributed by atoms with E-state index in [1.807, 2.05) is 24.3 Å². The summed E-state index contributed by atoms with van der Waals surface area (Å²) in [6, 6.07) is 12.5. The Labute approximate surface area is 164 Å². The number of piperidine rings is 1. The second-order valence-electron chi connectivity index (χ2n) is 7.68. The Hall–Kier alpha value is -2.14. The molecule has 0 atom stereocenters. The van der Waals surface area contributed by atoms with Crippen molar-refractivity contribution in [2.24, 2.45) is 5.92 Å². The number of benzene rings is 1. The molecule has 1 aromatic heterocycles. The second kappa shape index (κ2) is 7.85. The summed E-state index contributed by atoms with van der Waals surface area (Å²) in [7, 11) is 0. The number of anilines is 1. The van der Waals surface area contributed by atoms with Crippen molar-refractivity contribution in [1.82, 2.24) is 4.90 Å². The van der Waals surface area contributed by atoms with E-state index in [2.05, 4.69) is 28.9 Å². The number of carbonyl (C=O) groups excluding carboxylic acids is 2. The zero-order valence-electron chi connectivity index (χ0n) is 15.8. The maximum Gasteiger partial charge on any atom is 0.226 e. The molecule has 0 radical (unpaired) electrons. The molecule has 27 heavy (non-hydrogen) atoms. The van der Waals surface area contributed by atoms with Crippen molar-refractivity contribution in [2.45, 2.75) is 45.2 Å². The van der Waals surface area contributed by atoms with Gasteiger partial charge in [-0.25, -0.2) is 0 Å². The Morgan fingerprint density at radius 2 is 1.81 bits per heavy atom. The van der Waals surface area contributed by atoms with Gasteiger partial charge in [0.1, 0.15) is 6.29 Å². The van der Waals surface area contributed by atoms with Gasteiger partial charge in [0.2, 0.25) is 5.91 Å². The Bertz CT molecular complexity index is 802. The zero-order chi connectivity index (χ0) is 18.8. The second-order valence-corrected chi connectivity index (χ2v) is 9.05. The van der Waals surface area contributed by atoms with Crippen molar-refractivity contribution in [1.29, 1.82) is 0 Å². The molecule has 2 heterocycles. The lowest BCUT2D eigenvalue weighted by Gasteiger charge is -2.35. The molecule has 1 saturated carbocycles. The van der Waals surface area contributed by atoms with Crippen LogP contribution in [0.2, 0.25) is 0 Å². The van der Waals surface area contributed by atoms with Gasteiger partial charge >= 0.3 is 0 Å². The van der Waals surface area contributed by atoms with Crippen LogP contribution in [0.4, 0.5) is 5.69 Å². The minimum atomic E-state index is 0.136. The smallest absolute Gasteiger partial charge is 0.226 e. The Kier molecular flexibility index (Phi) is 5.30. The summed E-state index contributed by atoms with van der Waals surface area (Å²) in [5.41, 5.74) is 1.84. The third kappa shape index (κ3) is 4.24. The van der Waals surface area contributed by atoms with Crippen molar-refractivity contribution < 1.29 is 9.59 Å². The summed E-state index contributed by atoms with van der Waals surface area (Å²) < 4.78 is 0. The van der Waals surface area contributed by atoms with Crippen LogP contribution in [0.3, 0.4) is 0 Å². The van der Waals surface area contributed by atoms with Gasteiger partial charge in [-0.2, -0.15) is 0 Å². The lowest BCUT2D eigenvalue weighted by atomic mass is 9.94. The molecule has 4 nitrogen and oxygen atoms in total. The van der Waals surface area contributed by atoms with Crippen LogP contribution in [-0.4, -0.2) is 36.2 Å². The normalized spacial score (nSPS) is 17.7. The number of hydrogen-bond donors (Lipinski definition) is 0. The van der Waals surface area contributed by atoms with Gasteiger partial charge in [0.25, 0.3) is 0 Å². The fourth-order valence-corrected chi connectivity index (χ4v) is 4.78. The highest BCUT2D eigenvalue weighted by atomic mass is 32.1. The van der Waals surface area contributed by atoms with Crippen molar-refractivity contribution in [2.75, 3.05) is 18.0 Å². The summed E-state index contributed by atoms with van der Waals surface area (Å²) in [4.78, 5) is 31.1. The maximum atomic E-state index is 13.2. The molecule has 0 unspecified atom stereocenters. The molecular weight excluding hydrogens is 356 g/mol. The van der Waals surface area contributed by atoms with E-state index < -0.39 is 0 Å². The van der Waals surface area contributed by atoms with Crippen LogP contribution in [0.15, 0.2) is 36.4 Å². The molecule has 1 amide bonds. The van der Waals surface area contributed by atoms with Gasteiger partial charge in [0.05, 0.1) is 6.54 Å². The third-order valence-corrected chi connectivity index (χ3v) is 6.62. The molecule has 1 aromatic carbocycles. The predicted molar refractivity (Wildman–Crippen MR) is 109 cm³/mol. The first kappa shape index (κ1) is 18.2. The number of aldehydes is 1. The summed E-state index contributed by atoms with van der Waals surface area (Å²) in [6.07, 6.45) is 4.98. The largest absolute Gasteiger partial charge is 0.371 e. The fraction of sp³-hybridized carbons (Fsp3) is 0.455. The van der Waals surface area contributed by atoms with Crippen molar-refractivity contribution in [3.05, 3.63) is 51.7 Å². The van der Waals surface area contributed by atoms with Crippen molar-refractivity contribution in [3.8, 4) is 0 Å². The van der Waals surface area contributed by atoms with Crippen LogP contribution < -0.4 is 4.90 Å².